The molecule has 1 aliphatic rings. The highest BCUT2D eigenvalue weighted by molar-refractivity contribution is 5.24. The topological polar surface area (TPSA) is 0 Å². The summed E-state index contributed by atoms with van der Waals surface area (Å²) in [7, 11) is 0. The van der Waals surface area contributed by atoms with Crippen LogP contribution in [0.4, 0.5) is 0 Å². The highest BCUT2D eigenvalue weighted by Crippen LogP contribution is 2.42. The van der Waals surface area contributed by atoms with E-state index in [-0.39, 0.29) is 5.89 Å². The number of rotatable bonds is 1. The number of hydrogen-bond acceptors (Lipinski definition) is 0. The van der Waals surface area contributed by atoms with Crippen LogP contribution in [0.3, 0.4) is 0 Å². The molecule has 1 aromatic carbocycles. The van der Waals surface area contributed by atoms with Crippen molar-refractivity contribution >= 4 is 0 Å². The third kappa shape index (κ3) is 2.62. The fraction of sp³-hybridized carbons (Fsp3) is 0.600. The van der Waals surface area contributed by atoms with Crippen LogP contribution in [-0.4, -0.2) is 0 Å². The van der Waals surface area contributed by atoms with E-state index in [0.717, 1.165) is 12.8 Å². The summed E-state index contributed by atoms with van der Waals surface area (Å²) in [6.07, 6.45) is 4.35. The van der Waals surface area contributed by atoms with Crippen LogP contribution in [0, 0.1) is 12.3 Å². The first-order chi connectivity index (χ1) is 7.41. The van der Waals surface area contributed by atoms with Gasteiger partial charge in [-0.3, -0.25) is 0 Å². The van der Waals surface area contributed by atoms with E-state index in [9.17, 15) is 0 Å². The largest absolute Gasteiger partial charge is 0.0599 e. The molecule has 82 valence electrons. The lowest BCUT2D eigenvalue weighted by molar-refractivity contribution is 0.224. The van der Waals surface area contributed by atoms with Gasteiger partial charge in [0.25, 0.3) is 0 Å². The summed E-state index contributed by atoms with van der Waals surface area (Å²) in [4.78, 5) is 0. The van der Waals surface area contributed by atoms with E-state index < -0.39 is 0 Å². The van der Waals surface area contributed by atoms with Crippen molar-refractivity contribution in [2.45, 2.75) is 52.3 Å². The Bertz CT molecular complexity index is 352. The quantitative estimate of drug-likeness (QED) is 0.621. The van der Waals surface area contributed by atoms with Crippen LogP contribution < -0.4 is 0 Å². The summed E-state index contributed by atoms with van der Waals surface area (Å²) < 4.78 is 8.61. The molecule has 0 heterocycles. The molecule has 2 rings (SSSR count). The van der Waals surface area contributed by atoms with E-state index in [4.69, 9.17) is 1.37 Å². The Hall–Kier alpha value is -0.780. The minimum absolute atomic E-state index is 0.330. The van der Waals surface area contributed by atoms with Crippen LogP contribution in [0.25, 0.3) is 0 Å². The molecule has 1 aromatic rings. The smallest absolute Gasteiger partial charge is 0.0352 e. The van der Waals surface area contributed by atoms with Gasteiger partial charge in [-0.15, -0.1) is 0 Å². The third-order valence-electron chi connectivity index (χ3n) is 3.67. The summed E-state index contributed by atoms with van der Waals surface area (Å²) >= 11 is 0. The first kappa shape index (κ1) is 9.45. The highest BCUT2D eigenvalue weighted by atomic mass is 14.3. The molecule has 0 bridgehead atoms. The van der Waals surface area contributed by atoms with Crippen molar-refractivity contribution < 1.29 is 1.37 Å². The zero-order valence-corrected chi connectivity index (χ0v) is 10.1. The lowest BCUT2D eigenvalue weighted by Crippen LogP contribution is -2.20. The summed E-state index contributed by atoms with van der Waals surface area (Å²) in [5, 5.41) is 0. The zero-order valence-electron chi connectivity index (χ0n) is 11.1. The van der Waals surface area contributed by atoms with E-state index in [0.29, 0.717) is 5.41 Å². The Morgan fingerprint density at radius 3 is 2.20 bits per heavy atom. The lowest BCUT2D eigenvalue weighted by Gasteiger charge is -2.34. The molecule has 1 saturated carbocycles. The summed E-state index contributed by atoms with van der Waals surface area (Å²) in [5.41, 5.74) is 2.92. The fourth-order valence-electron chi connectivity index (χ4n) is 2.31. The molecular weight excluding hydrogens is 180 g/mol. The maximum absolute atomic E-state index is 8.61. The summed E-state index contributed by atoms with van der Waals surface area (Å²) in [6.45, 7) is 6.74. The predicted molar refractivity (Wildman–Crippen MR) is 66.2 cm³/mol. The molecule has 0 heteroatoms. The second-order valence-electron chi connectivity index (χ2n) is 5.63. The van der Waals surface area contributed by atoms with Crippen molar-refractivity contribution in [2.75, 3.05) is 0 Å². The van der Waals surface area contributed by atoms with Crippen LogP contribution in [0.5, 0.6) is 0 Å². The molecule has 0 atom stereocenters. The molecule has 0 spiro atoms. The fourth-order valence-corrected chi connectivity index (χ4v) is 2.31. The van der Waals surface area contributed by atoms with Gasteiger partial charge in [0.2, 0.25) is 0 Å². The highest BCUT2D eigenvalue weighted by Gasteiger charge is 2.27. The van der Waals surface area contributed by atoms with E-state index in [1.807, 2.05) is 0 Å². The van der Waals surface area contributed by atoms with Gasteiger partial charge in [-0.25, -0.2) is 0 Å². The molecule has 0 aliphatic heterocycles. The van der Waals surface area contributed by atoms with Crippen molar-refractivity contribution in [1.29, 1.82) is 0 Å². The monoisotopic (exact) mass is 203 g/mol. The van der Waals surface area contributed by atoms with E-state index in [1.165, 1.54) is 24.0 Å². The Labute approximate surface area is 95.1 Å². The molecule has 1 fully saturated rings. The first-order valence-corrected chi connectivity index (χ1v) is 5.99. The summed E-state index contributed by atoms with van der Waals surface area (Å²) in [5.74, 6) is -0.330. The van der Waals surface area contributed by atoms with Crippen LogP contribution in [0.15, 0.2) is 24.3 Å². The maximum atomic E-state index is 8.61. The Balaban J connectivity index is 2.18. The minimum Gasteiger partial charge on any atom is -0.0599 e. The van der Waals surface area contributed by atoms with Gasteiger partial charge in [0.15, 0.2) is 0 Å². The maximum Gasteiger partial charge on any atom is 0.0352 e. The van der Waals surface area contributed by atoms with Crippen LogP contribution >= 0.6 is 0 Å². The predicted octanol–water partition coefficient (Wildman–Crippen LogP) is 4.68. The SMILES string of the molecule is [2H]C1(c2ccc(C)cc2)CCC(C)(C)CC1. The second-order valence-corrected chi connectivity index (χ2v) is 5.63. The van der Waals surface area contributed by atoms with E-state index in [1.54, 1.807) is 0 Å². The second kappa shape index (κ2) is 4.00. The standard InChI is InChI=1S/C15H22/c1-12-4-6-13(7-5-12)14-8-10-15(2,3)11-9-14/h4-7,14H,8-11H2,1-3H3/i14D. The van der Waals surface area contributed by atoms with Crippen LogP contribution in [0.2, 0.25) is 0 Å². The lowest BCUT2D eigenvalue weighted by atomic mass is 9.71. The molecule has 15 heavy (non-hydrogen) atoms. The molecular formula is C15H22. The van der Waals surface area contributed by atoms with Crippen molar-refractivity contribution in [3.63, 3.8) is 0 Å². The van der Waals surface area contributed by atoms with Crippen molar-refractivity contribution in [1.82, 2.24) is 0 Å². The zero-order chi connectivity index (χ0) is 11.8. The minimum atomic E-state index is -0.330. The van der Waals surface area contributed by atoms with Gasteiger partial charge in [0.05, 0.1) is 0 Å². The molecule has 0 unspecified atom stereocenters. The van der Waals surface area contributed by atoms with Crippen molar-refractivity contribution in [3.05, 3.63) is 35.4 Å². The molecule has 0 N–H and O–H groups in total. The molecule has 0 radical (unpaired) electrons. The molecule has 0 aromatic heterocycles. The Kier molecular flexibility index (Phi) is 2.52. The number of aryl methyl sites for hydroxylation is 1. The Morgan fingerprint density at radius 2 is 1.67 bits per heavy atom. The van der Waals surface area contributed by atoms with Crippen LogP contribution in [0.1, 0.15) is 57.9 Å². The van der Waals surface area contributed by atoms with E-state index >= 15 is 0 Å². The van der Waals surface area contributed by atoms with Crippen molar-refractivity contribution in [2.24, 2.45) is 5.41 Å². The van der Waals surface area contributed by atoms with Gasteiger partial charge in [0.1, 0.15) is 0 Å². The van der Waals surface area contributed by atoms with Crippen LogP contribution in [-0.2, 0) is 0 Å². The summed E-state index contributed by atoms with van der Waals surface area (Å²) in [6, 6.07) is 8.54. The third-order valence-corrected chi connectivity index (χ3v) is 3.67. The average Bonchev–Trinajstić information content (AvgIpc) is 2.24. The van der Waals surface area contributed by atoms with Gasteiger partial charge in [-0.05, 0) is 49.5 Å². The first-order valence-electron chi connectivity index (χ1n) is 6.49. The van der Waals surface area contributed by atoms with E-state index in [2.05, 4.69) is 45.0 Å². The molecule has 0 saturated heterocycles. The molecule has 1 aliphatic carbocycles. The van der Waals surface area contributed by atoms with Gasteiger partial charge in [-0.2, -0.15) is 0 Å². The van der Waals surface area contributed by atoms with Gasteiger partial charge >= 0.3 is 0 Å². The number of benzene rings is 1. The molecule has 0 amide bonds. The van der Waals surface area contributed by atoms with Gasteiger partial charge in [-0.1, -0.05) is 43.7 Å². The Morgan fingerprint density at radius 1 is 1.13 bits per heavy atom. The van der Waals surface area contributed by atoms with Gasteiger partial charge < -0.3 is 0 Å². The molecule has 0 nitrogen and oxygen atoms in total. The van der Waals surface area contributed by atoms with Crippen molar-refractivity contribution in [3.8, 4) is 0 Å². The van der Waals surface area contributed by atoms with Gasteiger partial charge in [0, 0.05) is 1.37 Å². The normalized spacial score (nSPS) is 24.6. The number of hydrogen-bond donors (Lipinski definition) is 0. The average molecular weight is 203 g/mol.